The Balaban J connectivity index is 2.17. The number of carbonyl (C=O) groups excluding carboxylic acids is 1. The highest BCUT2D eigenvalue weighted by atomic mass is 16.2. The highest BCUT2D eigenvalue weighted by Gasteiger charge is 2.32. The lowest BCUT2D eigenvalue weighted by molar-refractivity contribution is 0.0968. The SMILES string of the molecule is CC(C)=CCn1c2c(c(=O)c3ccccc31)C(=O)n1cccc1-2. The first kappa shape index (κ1) is 13.8. The third kappa shape index (κ3) is 1.84. The highest BCUT2D eigenvalue weighted by molar-refractivity contribution is 6.10. The molecule has 0 N–H and O–H groups in total. The Hall–Kier alpha value is -2.88. The van der Waals surface area contributed by atoms with E-state index in [2.05, 4.69) is 10.6 Å². The van der Waals surface area contributed by atoms with Crippen LogP contribution in [0.3, 0.4) is 0 Å². The van der Waals surface area contributed by atoms with Gasteiger partial charge in [0, 0.05) is 18.1 Å². The zero-order chi connectivity index (χ0) is 16.1. The van der Waals surface area contributed by atoms with Crippen molar-refractivity contribution in [2.24, 2.45) is 0 Å². The van der Waals surface area contributed by atoms with Crippen LogP contribution in [-0.2, 0) is 6.54 Å². The van der Waals surface area contributed by atoms with E-state index in [1.165, 1.54) is 5.57 Å². The molecule has 3 aromatic rings. The van der Waals surface area contributed by atoms with Gasteiger partial charge in [-0.05, 0) is 38.1 Å². The molecule has 1 aliphatic heterocycles. The first-order valence-corrected chi connectivity index (χ1v) is 7.61. The van der Waals surface area contributed by atoms with E-state index in [-0.39, 0.29) is 16.9 Å². The number of rotatable bonds is 2. The maximum absolute atomic E-state index is 12.8. The summed E-state index contributed by atoms with van der Waals surface area (Å²) in [5, 5.41) is 0.590. The molecule has 1 aliphatic rings. The first-order chi connectivity index (χ1) is 11.1. The standard InChI is InChI=1S/C19H16N2O2/c1-12(2)9-11-20-14-7-4-3-6-13(14)18(22)16-17(20)15-8-5-10-21(15)19(16)23/h3-10H,11H2,1-2H3. The molecular formula is C19H16N2O2. The van der Waals surface area contributed by atoms with Gasteiger partial charge in [0.25, 0.3) is 5.91 Å². The highest BCUT2D eigenvalue weighted by Crippen LogP contribution is 2.33. The van der Waals surface area contributed by atoms with Gasteiger partial charge in [-0.3, -0.25) is 14.2 Å². The molecule has 4 rings (SSSR count). The molecule has 0 bridgehead atoms. The summed E-state index contributed by atoms with van der Waals surface area (Å²) in [7, 11) is 0. The van der Waals surface area contributed by atoms with Gasteiger partial charge in [-0.25, -0.2) is 0 Å². The minimum absolute atomic E-state index is 0.183. The number of carbonyl (C=O) groups is 1. The van der Waals surface area contributed by atoms with Crippen LogP contribution in [0.4, 0.5) is 0 Å². The molecule has 3 heterocycles. The van der Waals surface area contributed by atoms with Crippen molar-refractivity contribution in [2.45, 2.75) is 20.4 Å². The summed E-state index contributed by atoms with van der Waals surface area (Å²) in [6.45, 7) is 4.71. The van der Waals surface area contributed by atoms with Crippen LogP contribution in [0.2, 0.25) is 0 Å². The average Bonchev–Trinajstić information content (AvgIpc) is 3.11. The average molecular weight is 304 g/mol. The van der Waals surface area contributed by atoms with Gasteiger partial charge in [-0.2, -0.15) is 0 Å². The second-order valence-corrected chi connectivity index (χ2v) is 6.03. The molecule has 0 radical (unpaired) electrons. The monoisotopic (exact) mass is 304 g/mol. The van der Waals surface area contributed by atoms with E-state index >= 15 is 0 Å². The zero-order valence-corrected chi connectivity index (χ0v) is 13.0. The molecule has 0 saturated carbocycles. The molecule has 0 unspecified atom stereocenters. The number of hydrogen-bond donors (Lipinski definition) is 0. The number of aromatic nitrogens is 2. The predicted molar refractivity (Wildman–Crippen MR) is 90.8 cm³/mol. The third-order valence-electron chi connectivity index (χ3n) is 4.28. The second-order valence-electron chi connectivity index (χ2n) is 6.03. The lowest BCUT2D eigenvalue weighted by atomic mass is 10.1. The number of hydrogen-bond acceptors (Lipinski definition) is 2. The number of para-hydroxylation sites is 1. The summed E-state index contributed by atoms with van der Waals surface area (Å²) < 4.78 is 3.62. The summed E-state index contributed by atoms with van der Waals surface area (Å²) in [4.78, 5) is 25.5. The van der Waals surface area contributed by atoms with Gasteiger partial charge in [-0.15, -0.1) is 0 Å². The van der Waals surface area contributed by atoms with E-state index < -0.39 is 0 Å². The molecule has 0 aliphatic carbocycles. The molecule has 0 spiro atoms. The normalized spacial score (nSPS) is 12.3. The van der Waals surface area contributed by atoms with Crippen molar-refractivity contribution in [2.75, 3.05) is 0 Å². The molecule has 114 valence electrons. The van der Waals surface area contributed by atoms with Gasteiger partial charge >= 0.3 is 0 Å². The Kier molecular flexibility index (Phi) is 2.88. The van der Waals surface area contributed by atoms with Gasteiger partial charge in [-0.1, -0.05) is 23.8 Å². The van der Waals surface area contributed by atoms with Crippen LogP contribution in [-0.4, -0.2) is 15.0 Å². The van der Waals surface area contributed by atoms with E-state index in [0.29, 0.717) is 11.9 Å². The molecule has 0 saturated heterocycles. The van der Waals surface area contributed by atoms with Gasteiger partial charge in [0.15, 0.2) is 0 Å². The fraction of sp³-hybridized carbons (Fsp3) is 0.158. The van der Waals surface area contributed by atoms with Crippen molar-refractivity contribution in [3.63, 3.8) is 0 Å². The fourth-order valence-electron chi connectivity index (χ4n) is 3.20. The zero-order valence-electron chi connectivity index (χ0n) is 13.0. The molecule has 0 amide bonds. The Labute approximate surface area is 133 Å². The molecule has 23 heavy (non-hydrogen) atoms. The summed E-state index contributed by atoms with van der Waals surface area (Å²) in [6, 6.07) is 11.2. The van der Waals surface area contributed by atoms with Crippen LogP contribution in [0, 0.1) is 0 Å². The van der Waals surface area contributed by atoms with E-state index in [1.54, 1.807) is 16.8 Å². The van der Waals surface area contributed by atoms with E-state index in [1.807, 2.05) is 44.2 Å². The Bertz CT molecular complexity index is 1050. The topological polar surface area (TPSA) is 44.0 Å². The molecule has 0 fully saturated rings. The van der Waals surface area contributed by atoms with Crippen molar-refractivity contribution >= 4 is 16.8 Å². The Morgan fingerprint density at radius 3 is 2.65 bits per heavy atom. The van der Waals surface area contributed by atoms with Gasteiger partial charge in [0.1, 0.15) is 5.56 Å². The molecule has 0 atom stereocenters. The molecule has 4 nitrogen and oxygen atoms in total. The van der Waals surface area contributed by atoms with Crippen LogP contribution in [0.15, 0.2) is 59.0 Å². The smallest absolute Gasteiger partial charge is 0.268 e. The van der Waals surface area contributed by atoms with Crippen LogP contribution >= 0.6 is 0 Å². The minimum Gasteiger partial charge on any atom is -0.334 e. The number of pyridine rings is 1. The lowest BCUT2D eigenvalue weighted by Gasteiger charge is -2.14. The molecular weight excluding hydrogens is 288 g/mol. The number of nitrogens with zero attached hydrogens (tertiary/aromatic N) is 2. The van der Waals surface area contributed by atoms with Crippen LogP contribution in [0.5, 0.6) is 0 Å². The Morgan fingerprint density at radius 1 is 1.09 bits per heavy atom. The van der Waals surface area contributed by atoms with Crippen molar-refractivity contribution < 1.29 is 4.79 Å². The maximum atomic E-state index is 12.8. The predicted octanol–water partition coefficient (Wildman–Crippen LogP) is 3.44. The third-order valence-corrected chi connectivity index (χ3v) is 4.28. The molecule has 1 aromatic carbocycles. The van der Waals surface area contributed by atoms with Crippen LogP contribution < -0.4 is 5.43 Å². The number of fused-ring (bicyclic) bond motifs is 4. The number of benzene rings is 1. The summed E-state index contributed by atoms with van der Waals surface area (Å²) in [5.41, 5.74) is 3.66. The second kappa shape index (κ2) is 4.81. The largest absolute Gasteiger partial charge is 0.334 e. The molecule has 4 heteroatoms. The summed E-state index contributed by atoms with van der Waals surface area (Å²) in [5.74, 6) is -0.235. The maximum Gasteiger partial charge on any atom is 0.268 e. The Morgan fingerprint density at radius 2 is 1.87 bits per heavy atom. The van der Waals surface area contributed by atoms with Crippen LogP contribution in [0.1, 0.15) is 24.2 Å². The van der Waals surface area contributed by atoms with E-state index in [9.17, 15) is 9.59 Å². The summed E-state index contributed by atoms with van der Waals surface area (Å²) >= 11 is 0. The fourth-order valence-corrected chi connectivity index (χ4v) is 3.20. The van der Waals surface area contributed by atoms with Crippen molar-refractivity contribution in [1.82, 2.24) is 9.13 Å². The van der Waals surface area contributed by atoms with Gasteiger partial charge in [0.05, 0.1) is 16.9 Å². The van der Waals surface area contributed by atoms with Crippen molar-refractivity contribution in [1.29, 1.82) is 0 Å². The minimum atomic E-state index is -0.235. The van der Waals surface area contributed by atoms with Gasteiger partial charge in [0.2, 0.25) is 5.43 Å². The first-order valence-electron chi connectivity index (χ1n) is 7.61. The van der Waals surface area contributed by atoms with Crippen molar-refractivity contribution in [3.8, 4) is 11.4 Å². The summed E-state index contributed by atoms with van der Waals surface area (Å²) in [6.07, 6.45) is 3.82. The van der Waals surface area contributed by atoms with Crippen molar-refractivity contribution in [3.05, 3.63) is 70.0 Å². The van der Waals surface area contributed by atoms with E-state index in [0.717, 1.165) is 16.9 Å². The lowest BCUT2D eigenvalue weighted by Crippen LogP contribution is -2.19. The van der Waals surface area contributed by atoms with Crippen LogP contribution in [0.25, 0.3) is 22.3 Å². The van der Waals surface area contributed by atoms with E-state index in [4.69, 9.17) is 0 Å². The number of allylic oxidation sites excluding steroid dienone is 2. The van der Waals surface area contributed by atoms with Gasteiger partial charge < -0.3 is 4.57 Å². The molecule has 2 aromatic heterocycles. The quantitative estimate of drug-likeness (QED) is 0.532.